The van der Waals surface area contributed by atoms with Crippen molar-refractivity contribution in [2.45, 2.75) is 40.8 Å². The summed E-state index contributed by atoms with van der Waals surface area (Å²) in [5.41, 5.74) is 4.27. The van der Waals surface area contributed by atoms with Gasteiger partial charge in [-0.3, -0.25) is 19.2 Å². The molecule has 0 aliphatic heterocycles. The lowest BCUT2D eigenvalue weighted by molar-refractivity contribution is 0.101. The average molecular weight is 747 g/mol. The fraction of sp³-hybridized carbons (Fsp3) is 0.156. The van der Waals surface area contributed by atoms with E-state index in [0.29, 0.717) is 41.5 Å². The van der Waals surface area contributed by atoms with Crippen LogP contribution in [-0.4, -0.2) is 38.2 Å². The molecule has 7 rings (SSSR count). The zero-order valence-electron chi connectivity index (χ0n) is 31.9. The normalized spacial score (nSPS) is 10.7. The van der Waals surface area contributed by atoms with Gasteiger partial charge in [-0.1, -0.05) is 109 Å². The summed E-state index contributed by atoms with van der Waals surface area (Å²) in [6.45, 7) is 7.39. The molecule has 282 valence electrons. The average Bonchev–Trinajstić information content (AvgIpc) is 3.23. The molecule has 2 heterocycles. The Balaban J connectivity index is 0.000000190. The first kappa shape index (κ1) is 38.6. The quantitative estimate of drug-likeness (QED) is 0.124. The maximum absolute atomic E-state index is 13.1. The van der Waals surface area contributed by atoms with Crippen molar-refractivity contribution in [2.75, 3.05) is 17.7 Å². The summed E-state index contributed by atoms with van der Waals surface area (Å²) in [4.78, 5) is 51.2. The molecule has 0 saturated carbocycles. The van der Waals surface area contributed by atoms with Crippen LogP contribution in [0.25, 0.3) is 33.3 Å². The predicted molar refractivity (Wildman–Crippen MR) is 223 cm³/mol. The van der Waals surface area contributed by atoms with Crippen molar-refractivity contribution in [1.82, 2.24) is 19.6 Å². The lowest BCUT2D eigenvalue weighted by Gasteiger charge is -2.17. The number of carbonyl (C=O) groups is 2. The first-order chi connectivity index (χ1) is 27.2. The first-order valence-corrected chi connectivity index (χ1v) is 18.2. The number of carbonyl (C=O) groups excluding carboxylic acids is 2. The van der Waals surface area contributed by atoms with Crippen LogP contribution in [0.5, 0.6) is 5.75 Å². The Morgan fingerprint density at radius 3 is 1.50 bits per heavy atom. The van der Waals surface area contributed by atoms with Gasteiger partial charge in [0, 0.05) is 35.3 Å². The van der Waals surface area contributed by atoms with E-state index in [4.69, 9.17) is 4.74 Å². The molecule has 0 aliphatic rings. The monoisotopic (exact) mass is 746 g/mol. The van der Waals surface area contributed by atoms with Gasteiger partial charge in [-0.15, -0.1) is 0 Å². The van der Waals surface area contributed by atoms with Crippen LogP contribution in [0.3, 0.4) is 0 Å². The van der Waals surface area contributed by atoms with Crippen LogP contribution >= 0.6 is 0 Å². The molecule has 5 aromatic carbocycles. The van der Waals surface area contributed by atoms with E-state index in [2.05, 4.69) is 20.8 Å². The largest absolute Gasteiger partial charge is 0.495 e. The lowest BCUT2D eigenvalue weighted by Crippen LogP contribution is -2.28. The highest BCUT2D eigenvalue weighted by Crippen LogP contribution is 2.32. The van der Waals surface area contributed by atoms with Crippen molar-refractivity contribution >= 4 is 45.1 Å². The summed E-state index contributed by atoms with van der Waals surface area (Å²) in [6.07, 6.45) is 0. The van der Waals surface area contributed by atoms with Crippen LogP contribution in [0.1, 0.15) is 48.4 Å². The van der Waals surface area contributed by atoms with Crippen LogP contribution in [0.15, 0.2) is 137 Å². The zero-order valence-corrected chi connectivity index (χ0v) is 31.9. The number of nitrogens with zero attached hydrogens (tertiary/aromatic N) is 4. The Bertz CT molecular complexity index is 2650. The van der Waals surface area contributed by atoms with Crippen molar-refractivity contribution < 1.29 is 14.3 Å². The number of benzene rings is 5. The second-order valence-corrected chi connectivity index (χ2v) is 12.8. The van der Waals surface area contributed by atoms with Gasteiger partial charge in [-0.2, -0.15) is 10.2 Å². The molecule has 0 aliphatic carbocycles. The van der Waals surface area contributed by atoms with Gasteiger partial charge in [0.1, 0.15) is 28.5 Å². The van der Waals surface area contributed by atoms with Crippen LogP contribution in [0.2, 0.25) is 0 Å². The lowest BCUT2D eigenvalue weighted by atomic mass is 10.0. The summed E-state index contributed by atoms with van der Waals surface area (Å²) < 4.78 is 8.10. The summed E-state index contributed by atoms with van der Waals surface area (Å²) in [7, 11) is 1.55. The number of nitrogens with one attached hydrogen (secondary N) is 2. The zero-order chi connectivity index (χ0) is 39.8. The molecule has 11 nitrogen and oxygen atoms in total. The van der Waals surface area contributed by atoms with E-state index in [1.165, 1.54) is 23.2 Å². The highest BCUT2D eigenvalue weighted by Gasteiger charge is 2.24. The molecule has 0 saturated heterocycles. The van der Waals surface area contributed by atoms with Crippen molar-refractivity contribution in [3.63, 3.8) is 0 Å². The molecule has 0 bridgehead atoms. The number of aryl methyl sites for hydroxylation is 2. The number of aromatic nitrogens is 4. The number of methoxy groups -OCH3 is 1. The Labute approximate surface area is 324 Å². The van der Waals surface area contributed by atoms with Crippen molar-refractivity contribution in [3.05, 3.63) is 159 Å². The minimum atomic E-state index is -0.353. The Hall–Kier alpha value is -7.14. The topological polar surface area (TPSA) is 137 Å². The number of para-hydroxylation sites is 2. The highest BCUT2D eigenvalue weighted by molar-refractivity contribution is 6.07. The number of rotatable bonds is 11. The summed E-state index contributed by atoms with van der Waals surface area (Å²) in [5.74, 6) is 0.131. The van der Waals surface area contributed by atoms with Crippen molar-refractivity contribution in [1.29, 1.82) is 0 Å². The number of ether oxygens (including phenoxy) is 1. The molecule has 56 heavy (non-hydrogen) atoms. The third-order valence-corrected chi connectivity index (χ3v) is 9.13. The highest BCUT2D eigenvalue weighted by atomic mass is 16.5. The molecular weight excluding hydrogens is 705 g/mol. The minimum Gasteiger partial charge on any atom is -0.495 e. The maximum Gasteiger partial charge on any atom is 0.291 e. The third kappa shape index (κ3) is 8.02. The van der Waals surface area contributed by atoms with E-state index in [1.807, 2.05) is 129 Å². The first-order valence-electron chi connectivity index (χ1n) is 18.2. The van der Waals surface area contributed by atoms with Crippen LogP contribution in [-0.2, 0) is 13.1 Å². The van der Waals surface area contributed by atoms with Crippen LogP contribution < -0.4 is 26.5 Å². The van der Waals surface area contributed by atoms with Gasteiger partial charge in [-0.25, -0.2) is 9.36 Å². The summed E-state index contributed by atoms with van der Waals surface area (Å²) >= 11 is 0. The molecule has 7 aromatic rings. The SMILES string of the molecule is CCn1nc(-c2ccccc2)c(C(C)=O)c(Nc2cccc3ccccc23)c1=O.CCn1nc(-c2ccccc2)c(C(C)=O)c(Nc2ccccc2OC)c1=O. The number of anilines is 4. The Morgan fingerprint density at radius 1 is 0.571 bits per heavy atom. The second-order valence-electron chi connectivity index (χ2n) is 12.8. The van der Waals surface area contributed by atoms with E-state index in [9.17, 15) is 19.2 Å². The standard InChI is InChI=1S/C24H21N3O2.C21H21N3O3/c1-3-27-24(29)23(25-20-15-9-13-17-10-7-8-14-19(17)20)21(16(2)28)22(26-27)18-11-5-4-6-12-18;1-4-24-21(26)20(22-16-12-8-9-13-17(16)27-3)18(14(2)25)19(23-24)15-10-6-5-7-11-15/h4-15,25H,3H2,1-2H3;5-13,22H,4H2,1-3H3. The number of ketones is 2. The van der Waals surface area contributed by atoms with E-state index in [-0.39, 0.29) is 39.6 Å². The van der Waals surface area contributed by atoms with Gasteiger partial charge in [-0.05, 0) is 51.3 Å². The third-order valence-electron chi connectivity index (χ3n) is 9.13. The fourth-order valence-corrected chi connectivity index (χ4v) is 6.43. The fourth-order valence-electron chi connectivity index (χ4n) is 6.43. The molecular formula is C45H42N6O5. The van der Waals surface area contributed by atoms with Gasteiger partial charge in [0.2, 0.25) is 0 Å². The molecule has 0 radical (unpaired) electrons. The van der Waals surface area contributed by atoms with Crippen molar-refractivity contribution in [2.24, 2.45) is 0 Å². The van der Waals surface area contributed by atoms with Gasteiger partial charge >= 0.3 is 0 Å². The molecule has 0 amide bonds. The second kappa shape index (κ2) is 17.3. The number of hydrogen-bond acceptors (Lipinski definition) is 9. The smallest absolute Gasteiger partial charge is 0.291 e. The number of fused-ring (bicyclic) bond motifs is 1. The van der Waals surface area contributed by atoms with Crippen LogP contribution in [0.4, 0.5) is 22.7 Å². The minimum absolute atomic E-state index is 0.197. The molecule has 2 N–H and O–H groups in total. The molecule has 0 atom stereocenters. The summed E-state index contributed by atoms with van der Waals surface area (Å²) in [6, 6.07) is 39.8. The van der Waals surface area contributed by atoms with Crippen molar-refractivity contribution in [3.8, 4) is 28.3 Å². The number of Topliss-reactive ketones (excluding diaryl/α,β-unsaturated/α-hetero) is 2. The van der Waals surface area contributed by atoms with E-state index in [1.54, 1.807) is 19.2 Å². The number of hydrogen-bond donors (Lipinski definition) is 2. The van der Waals surface area contributed by atoms with E-state index in [0.717, 1.165) is 27.6 Å². The van der Waals surface area contributed by atoms with Gasteiger partial charge < -0.3 is 15.4 Å². The molecule has 0 fully saturated rings. The van der Waals surface area contributed by atoms with Crippen LogP contribution in [0, 0.1) is 0 Å². The Morgan fingerprint density at radius 2 is 1.00 bits per heavy atom. The molecule has 2 aromatic heterocycles. The molecule has 11 heteroatoms. The molecule has 0 spiro atoms. The van der Waals surface area contributed by atoms with E-state index >= 15 is 0 Å². The maximum atomic E-state index is 13.1. The summed E-state index contributed by atoms with van der Waals surface area (Å²) in [5, 5.41) is 17.3. The van der Waals surface area contributed by atoms with Gasteiger partial charge in [0.15, 0.2) is 11.6 Å². The van der Waals surface area contributed by atoms with Gasteiger partial charge in [0.05, 0.1) is 23.9 Å². The Kier molecular flexibility index (Phi) is 11.9. The predicted octanol–water partition coefficient (Wildman–Crippen LogP) is 8.91. The molecule has 0 unspecified atom stereocenters. The van der Waals surface area contributed by atoms with Gasteiger partial charge in [0.25, 0.3) is 11.1 Å². The van der Waals surface area contributed by atoms with E-state index < -0.39 is 0 Å².